The van der Waals surface area contributed by atoms with Crippen LogP contribution in [-0.2, 0) is 11.3 Å². The Kier molecular flexibility index (Phi) is 9.22. The molecule has 2 heterocycles. The number of nitrogens with zero attached hydrogens (tertiary/aromatic N) is 4. The summed E-state index contributed by atoms with van der Waals surface area (Å²) >= 11 is 0. The molecule has 172 valence electrons. The highest BCUT2D eigenvalue weighted by Crippen LogP contribution is 2.19. The summed E-state index contributed by atoms with van der Waals surface area (Å²) in [6, 6.07) is 9.81. The van der Waals surface area contributed by atoms with Gasteiger partial charge in [0.2, 0.25) is 0 Å². The molecule has 1 atom stereocenters. The van der Waals surface area contributed by atoms with E-state index in [1.165, 1.54) is 11.3 Å². The summed E-state index contributed by atoms with van der Waals surface area (Å²) in [7, 11) is 2.19. The molecule has 0 bridgehead atoms. The van der Waals surface area contributed by atoms with Crippen molar-refractivity contribution in [3.05, 3.63) is 29.8 Å². The molecule has 2 fully saturated rings. The predicted octanol–water partition coefficient (Wildman–Crippen LogP) is 3.01. The summed E-state index contributed by atoms with van der Waals surface area (Å²) in [6.07, 6.45) is 0.260. The second kappa shape index (κ2) is 11.9. The lowest BCUT2D eigenvalue weighted by molar-refractivity contribution is -0.0372. The molecule has 0 spiro atoms. The highest BCUT2D eigenvalue weighted by molar-refractivity contribution is 5.48. The number of hydrogen-bond donors (Lipinski definition) is 0. The number of rotatable bonds is 7. The van der Waals surface area contributed by atoms with Gasteiger partial charge in [-0.25, -0.2) is 0 Å². The molecule has 1 aromatic carbocycles. The van der Waals surface area contributed by atoms with Crippen LogP contribution >= 0.6 is 0 Å². The Hall–Kier alpha value is -1.58. The average molecular weight is 427 g/mol. The first kappa shape index (κ1) is 24.1. The van der Waals surface area contributed by atoms with Crippen molar-refractivity contribution >= 4 is 5.69 Å². The van der Waals surface area contributed by atoms with Gasteiger partial charge < -0.3 is 9.64 Å². The second-order valence-corrected chi connectivity index (χ2v) is 9.68. The van der Waals surface area contributed by atoms with E-state index in [2.05, 4.69) is 90.4 Å². The second-order valence-electron chi connectivity index (χ2n) is 9.68. The standard InChI is InChI=1S/C26H42N4O/c1-22(2)7-6-12-28-17-18-31-26(21-28)20-27(5)19-24-8-10-25(11-9-24)30-15-13-29(14-16-30)23(3)4/h8-11,22-23,26H,12-21H2,1-5H3/t26-/m1/s1. The molecule has 1 aromatic rings. The Balaban J connectivity index is 1.43. The minimum absolute atomic E-state index is 0.260. The number of benzene rings is 1. The Morgan fingerprint density at radius 1 is 1.03 bits per heavy atom. The highest BCUT2D eigenvalue weighted by atomic mass is 16.5. The van der Waals surface area contributed by atoms with Crippen molar-refractivity contribution in [3.63, 3.8) is 0 Å². The van der Waals surface area contributed by atoms with Gasteiger partial charge in [-0.15, -0.1) is 0 Å². The molecule has 0 radical (unpaired) electrons. The number of hydrogen-bond acceptors (Lipinski definition) is 5. The molecule has 0 aliphatic carbocycles. The zero-order chi connectivity index (χ0) is 22.2. The van der Waals surface area contributed by atoms with Crippen molar-refractivity contribution < 1.29 is 4.74 Å². The molecule has 0 unspecified atom stereocenters. The van der Waals surface area contributed by atoms with Gasteiger partial charge in [0.1, 0.15) is 0 Å². The maximum atomic E-state index is 6.03. The Morgan fingerprint density at radius 2 is 1.74 bits per heavy atom. The van der Waals surface area contributed by atoms with Gasteiger partial charge in [-0.1, -0.05) is 37.8 Å². The molecule has 0 N–H and O–H groups in total. The molecule has 2 saturated heterocycles. The third-order valence-electron chi connectivity index (χ3n) is 6.23. The summed E-state index contributed by atoms with van der Waals surface area (Å²) in [5, 5.41) is 0. The fraction of sp³-hybridized carbons (Fsp3) is 0.692. The van der Waals surface area contributed by atoms with E-state index in [-0.39, 0.29) is 6.10 Å². The average Bonchev–Trinajstić information content (AvgIpc) is 2.74. The predicted molar refractivity (Wildman–Crippen MR) is 130 cm³/mol. The lowest BCUT2D eigenvalue weighted by Crippen LogP contribution is -2.48. The van der Waals surface area contributed by atoms with E-state index in [1.807, 2.05) is 0 Å². The SMILES string of the molecule is CC(C)C#CCN1CCO[C@H](CN(C)Cc2ccc(N3CCN(C(C)C)CC3)cc2)C1. The first-order chi connectivity index (χ1) is 14.9. The molecule has 2 aliphatic heterocycles. The molecular formula is C26H42N4O. The molecule has 0 saturated carbocycles. The van der Waals surface area contributed by atoms with Gasteiger partial charge in [-0.2, -0.15) is 0 Å². The fourth-order valence-electron chi connectivity index (χ4n) is 4.43. The van der Waals surface area contributed by atoms with Crippen LogP contribution in [-0.4, -0.2) is 92.9 Å². The maximum Gasteiger partial charge on any atom is 0.0829 e. The molecule has 5 nitrogen and oxygen atoms in total. The first-order valence-corrected chi connectivity index (χ1v) is 12.0. The summed E-state index contributed by atoms with van der Waals surface area (Å²) in [4.78, 5) is 9.87. The van der Waals surface area contributed by atoms with Crippen LogP contribution in [0, 0.1) is 17.8 Å². The Morgan fingerprint density at radius 3 is 2.39 bits per heavy atom. The number of ether oxygens (including phenoxy) is 1. The van der Waals surface area contributed by atoms with E-state index < -0.39 is 0 Å². The Bertz CT molecular complexity index is 713. The molecule has 2 aliphatic rings. The van der Waals surface area contributed by atoms with Crippen LogP contribution in [0.2, 0.25) is 0 Å². The Labute approximate surface area is 190 Å². The van der Waals surface area contributed by atoms with Crippen LogP contribution in [0.1, 0.15) is 33.3 Å². The number of morpholine rings is 1. The maximum absolute atomic E-state index is 6.03. The van der Waals surface area contributed by atoms with E-state index in [0.29, 0.717) is 12.0 Å². The van der Waals surface area contributed by atoms with E-state index in [9.17, 15) is 0 Å². The third-order valence-corrected chi connectivity index (χ3v) is 6.23. The van der Waals surface area contributed by atoms with Crippen LogP contribution in [0.5, 0.6) is 0 Å². The monoisotopic (exact) mass is 426 g/mol. The van der Waals surface area contributed by atoms with Gasteiger partial charge in [0.05, 0.1) is 19.3 Å². The van der Waals surface area contributed by atoms with E-state index in [4.69, 9.17) is 4.74 Å². The van der Waals surface area contributed by atoms with Gasteiger partial charge in [0, 0.05) is 70.0 Å². The quantitative estimate of drug-likeness (QED) is 0.624. The van der Waals surface area contributed by atoms with Crippen molar-refractivity contribution in [1.82, 2.24) is 14.7 Å². The molecule has 5 heteroatoms. The molecule has 0 amide bonds. The van der Waals surface area contributed by atoms with E-state index in [0.717, 1.165) is 65.5 Å². The van der Waals surface area contributed by atoms with Gasteiger partial charge in [-0.3, -0.25) is 14.7 Å². The summed E-state index contributed by atoms with van der Waals surface area (Å²) < 4.78 is 6.03. The normalized spacial score (nSPS) is 21.0. The number of likely N-dealkylation sites (N-methyl/N-ethyl adjacent to an activating group) is 1. The summed E-state index contributed by atoms with van der Waals surface area (Å²) in [6.45, 7) is 18.9. The van der Waals surface area contributed by atoms with Crippen molar-refractivity contribution in [2.75, 3.05) is 70.9 Å². The smallest absolute Gasteiger partial charge is 0.0829 e. The van der Waals surface area contributed by atoms with Crippen molar-refractivity contribution in [3.8, 4) is 11.8 Å². The summed E-state index contributed by atoms with van der Waals surface area (Å²) in [5.74, 6) is 7.02. The molecular weight excluding hydrogens is 384 g/mol. The van der Waals surface area contributed by atoms with Gasteiger partial charge in [0.25, 0.3) is 0 Å². The third kappa shape index (κ3) is 7.80. The van der Waals surface area contributed by atoms with E-state index in [1.54, 1.807) is 0 Å². The van der Waals surface area contributed by atoms with Crippen LogP contribution in [0.4, 0.5) is 5.69 Å². The van der Waals surface area contributed by atoms with Gasteiger partial charge in [0.15, 0.2) is 0 Å². The van der Waals surface area contributed by atoms with Crippen LogP contribution in [0.3, 0.4) is 0 Å². The van der Waals surface area contributed by atoms with Crippen molar-refractivity contribution in [2.45, 2.75) is 46.4 Å². The highest BCUT2D eigenvalue weighted by Gasteiger charge is 2.22. The fourth-order valence-corrected chi connectivity index (χ4v) is 4.43. The molecule has 3 rings (SSSR count). The first-order valence-electron chi connectivity index (χ1n) is 12.0. The van der Waals surface area contributed by atoms with Crippen LogP contribution < -0.4 is 4.90 Å². The van der Waals surface area contributed by atoms with Crippen LogP contribution in [0.15, 0.2) is 24.3 Å². The lowest BCUT2D eigenvalue weighted by atomic mass is 10.1. The van der Waals surface area contributed by atoms with Gasteiger partial charge >= 0.3 is 0 Å². The molecule has 31 heavy (non-hydrogen) atoms. The minimum atomic E-state index is 0.260. The molecule has 0 aromatic heterocycles. The van der Waals surface area contributed by atoms with Gasteiger partial charge in [-0.05, 0) is 38.6 Å². The van der Waals surface area contributed by atoms with E-state index >= 15 is 0 Å². The number of piperazine rings is 1. The minimum Gasteiger partial charge on any atom is -0.374 e. The zero-order valence-corrected chi connectivity index (χ0v) is 20.3. The topological polar surface area (TPSA) is 22.2 Å². The van der Waals surface area contributed by atoms with Crippen molar-refractivity contribution in [1.29, 1.82) is 0 Å². The zero-order valence-electron chi connectivity index (χ0n) is 20.3. The van der Waals surface area contributed by atoms with Crippen LogP contribution in [0.25, 0.3) is 0 Å². The number of anilines is 1. The largest absolute Gasteiger partial charge is 0.374 e. The van der Waals surface area contributed by atoms with Crippen molar-refractivity contribution in [2.24, 2.45) is 5.92 Å². The summed E-state index contributed by atoms with van der Waals surface area (Å²) in [5.41, 5.74) is 2.71. The lowest BCUT2D eigenvalue weighted by Gasteiger charge is -2.38.